The van der Waals surface area contributed by atoms with Crippen molar-refractivity contribution in [1.82, 2.24) is 0 Å². The van der Waals surface area contributed by atoms with E-state index in [0.29, 0.717) is 12.6 Å². The normalized spacial score (nSPS) is 14.8. The molecule has 86 valence electrons. The molecular weight excluding hydrogens is 208 g/mol. The number of aliphatic hydroxyl groups is 1. The first-order valence-corrected chi connectivity index (χ1v) is 5.34. The van der Waals surface area contributed by atoms with E-state index in [1.54, 1.807) is 12.1 Å². The number of rotatable bonds is 5. The van der Waals surface area contributed by atoms with Crippen LogP contribution in [0, 0.1) is 10.1 Å². The van der Waals surface area contributed by atoms with E-state index in [-0.39, 0.29) is 12.3 Å². The van der Waals surface area contributed by atoms with Crippen LogP contribution < -0.4 is 4.90 Å². The molecule has 1 N–H and O–H groups in total. The van der Waals surface area contributed by atoms with Crippen molar-refractivity contribution < 1.29 is 10.0 Å². The zero-order valence-electron chi connectivity index (χ0n) is 8.87. The fourth-order valence-corrected chi connectivity index (χ4v) is 1.80. The molecule has 16 heavy (non-hydrogen) atoms. The molecule has 1 aromatic rings. The van der Waals surface area contributed by atoms with Crippen LogP contribution in [0.3, 0.4) is 0 Å². The van der Waals surface area contributed by atoms with Gasteiger partial charge >= 0.3 is 0 Å². The Balaban J connectivity index is 2.22. The van der Waals surface area contributed by atoms with Gasteiger partial charge in [0.2, 0.25) is 0 Å². The summed E-state index contributed by atoms with van der Waals surface area (Å²) in [5.41, 5.74) is 0.923. The molecule has 2 rings (SSSR count). The molecule has 0 saturated heterocycles. The second-order valence-electron chi connectivity index (χ2n) is 3.93. The average Bonchev–Trinajstić information content (AvgIpc) is 3.10. The predicted molar refractivity (Wildman–Crippen MR) is 60.6 cm³/mol. The highest BCUT2D eigenvalue weighted by Crippen LogP contribution is 2.32. The van der Waals surface area contributed by atoms with Gasteiger partial charge in [-0.15, -0.1) is 0 Å². The number of non-ortho nitro benzene ring substituents is 1. The summed E-state index contributed by atoms with van der Waals surface area (Å²) in [6, 6.07) is 7.01. The number of nitro benzene ring substituents is 1. The first kappa shape index (κ1) is 10.9. The van der Waals surface area contributed by atoms with Crippen molar-refractivity contribution in [2.45, 2.75) is 18.9 Å². The Kier molecular flexibility index (Phi) is 3.05. The summed E-state index contributed by atoms with van der Waals surface area (Å²) in [7, 11) is 0. The molecule has 0 bridgehead atoms. The van der Waals surface area contributed by atoms with Gasteiger partial charge in [-0.1, -0.05) is 6.07 Å². The van der Waals surface area contributed by atoms with E-state index in [1.807, 2.05) is 11.0 Å². The van der Waals surface area contributed by atoms with Crippen LogP contribution in [0.5, 0.6) is 0 Å². The molecule has 0 aliphatic heterocycles. The predicted octanol–water partition coefficient (Wildman–Crippen LogP) is 1.56. The maximum atomic E-state index is 10.7. The third kappa shape index (κ3) is 2.30. The van der Waals surface area contributed by atoms with E-state index < -0.39 is 4.92 Å². The molecule has 0 atom stereocenters. The van der Waals surface area contributed by atoms with Crippen molar-refractivity contribution >= 4 is 11.4 Å². The first-order chi connectivity index (χ1) is 7.72. The molecule has 0 radical (unpaired) electrons. The molecular formula is C11H14N2O3. The second kappa shape index (κ2) is 4.49. The smallest absolute Gasteiger partial charge is 0.271 e. The molecule has 1 aromatic carbocycles. The molecule has 5 nitrogen and oxygen atoms in total. The summed E-state index contributed by atoms with van der Waals surface area (Å²) in [6.45, 7) is 0.602. The van der Waals surface area contributed by atoms with Crippen molar-refractivity contribution in [3.8, 4) is 0 Å². The van der Waals surface area contributed by atoms with Crippen molar-refractivity contribution in [1.29, 1.82) is 0 Å². The monoisotopic (exact) mass is 222 g/mol. The average molecular weight is 222 g/mol. The van der Waals surface area contributed by atoms with Crippen LogP contribution >= 0.6 is 0 Å². The molecule has 1 aliphatic carbocycles. The van der Waals surface area contributed by atoms with Gasteiger partial charge in [-0.05, 0) is 18.9 Å². The summed E-state index contributed by atoms with van der Waals surface area (Å²) in [4.78, 5) is 12.3. The lowest BCUT2D eigenvalue weighted by molar-refractivity contribution is -0.384. The highest BCUT2D eigenvalue weighted by Gasteiger charge is 2.29. The molecule has 5 heteroatoms. The summed E-state index contributed by atoms with van der Waals surface area (Å²) >= 11 is 0. The number of nitro groups is 1. The quantitative estimate of drug-likeness (QED) is 0.606. The molecule has 0 aromatic heterocycles. The lowest BCUT2D eigenvalue weighted by atomic mass is 10.2. The molecule has 0 amide bonds. The molecule has 0 spiro atoms. The van der Waals surface area contributed by atoms with Gasteiger partial charge in [0.25, 0.3) is 5.69 Å². The maximum Gasteiger partial charge on any atom is 0.271 e. The van der Waals surface area contributed by atoms with E-state index >= 15 is 0 Å². The lowest BCUT2D eigenvalue weighted by Gasteiger charge is -2.23. The third-order valence-corrected chi connectivity index (χ3v) is 2.70. The largest absolute Gasteiger partial charge is 0.395 e. The maximum absolute atomic E-state index is 10.7. The van der Waals surface area contributed by atoms with Gasteiger partial charge in [-0.3, -0.25) is 10.1 Å². The molecule has 1 fully saturated rings. The van der Waals surface area contributed by atoms with Crippen LogP contribution in [0.1, 0.15) is 12.8 Å². The first-order valence-electron chi connectivity index (χ1n) is 5.34. The van der Waals surface area contributed by atoms with Gasteiger partial charge in [-0.2, -0.15) is 0 Å². The van der Waals surface area contributed by atoms with Crippen LogP contribution in [0.15, 0.2) is 24.3 Å². The SMILES string of the molecule is O=[N+]([O-])c1cccc(N(CCO)C2CC2)c1. The number of hydrogen-bond donors (Lipinski definition) is 1. The Bertz CT molecular complexity index is 391. The zero-order valence-corrected chi connectivity index (χ0v) is 8.87. The van der Waals surface area contributed by atoms with Crippen LogP contribution in [-0.4, -0.2) is 29.2 Å². The third-order valence-electron chi connectivity index (χ3n) is 2.70. The van der Waals surface area contributed by atoms with E-state index in [4.69, 9.17) is 5.11 Å². The number of benzene rings is 1. The molecule has 1 aliphatic rings. The Labute approximate surface area is 93.5 Å². The summed E-state index contributed by atoms with van der Waals surface area (Å²) in [5.74, 6) is 0. The van der Waals surface area contributed by atoms with Crippen LogP contribution in [-0.2, 0) is 0 Å². The minimum atomic E-state index is -0.395. The standard InChI is InChI=1S/C11H14N2O3/c14-7-6-12(9-4-5-9)10-2-1-3-11(8-10)13(15)16/h1-3,8-9,14H,4-7H2. The fourth-order valence-electron chi connectivity index (χ4n) is 1.80. The Morgan fingerprint density at radius 2 is 2.25 bits per heavy atom. The van der Waals surface area contributed by atoms with Crippen molar-refractivity contribution in [3.63, 3.8) is 0 Å². The fraction of sp³-hybridized carbons (Fsp3) is 0.455. The van der Waals surface area contributed by atoms with Crippen LogP contribution in [0.4, 0.5) is 11.4 Å². The van der Waals surface area contributed by atoms with Gasteiger partial charge in [0.05, 0.1) is 11.5 Å². The summed E-state index contributed by atoms with van der Waals surface area (Å²) in [6.07, 6.45) is 2.20. The van der Waals surface area contributed by atoms with Crippen molar-refractivity contribution in [3.05, 3.63) is 34.4 Å². The number of anilines is 1. The second-order valence-corrected chi connectivity index (χ2v) is 3.93. The van der Waals surface area contributed by atoms with Gasteiger partial charge in [0.1, 0.15) is 0 Å². The van der Waals surface area contributed by atoms with Gasteiger partial charge in [0.15, 0.2) is 0 Å². The molecule has 0 heterocycles. The van der Waals surface area contributed by atoms with E-state index in [1.165, 1.54) is 6.07 Å². The molecule has 1 saturated carbocycles. The minimum absolute atomic E-state index is 0.0686. The van der Waals surface area contributed by atoms with E-state index in [0.717, 1.165) is 18.5 Å². The lowest BCUT2D eigenvalue weighted by Crippen LogP contribution is -2.28. The minimum Gasteiger partial charge on any atom is -0.395 e. The Morgan fingerprint density at radius 1 is 1.50 bits per heavy atom. The summed E-state index contributed by atoms with van der Waals surface area (Å²) < 4.78 is 0. The number of aliphatic hydroxyl groups excluding tert-OH is 1. The van der Waals surface area contributed by atoms with Gasteiger partial charge < -0.3 is 10.0 Å². The van der Waals surface area contributed by atoms with Crippen LogP contribution in [0.25, 0.3) is 0 Å². The van der Waals surface area contributed by atoms with E-state index in [2.05, 4.69) is 0 Å². The summed E-state index contributed by atoms with van der Waals surface area (Å²) in [5, 5.41) is 19.6. The van der Waals surface area contributed by atoms with Gasteiger partial charge in [-0.25, -0.2) is 0 Å². The number of hydrogen-bond acceptors (Lipinski definition) is 4. The van der Waals surface area contributed by atoms with Crippen LogP contribution in [0.2, 0.25) is 0 Å². The zero-order chi connectivity index (χ0) is 11.5. The molecule has 0 unspecified atom stereocenters. The number of nitrogens with zero attached hydrogens (tertiary/aromatic N) is 2. The van der Waals surface area contributed by atoms with Gasteiger partial charge in [0, 0.05) is 30.4 Å². The van der Waals surface area contributed by atoms with Crippen molar-refractivity contribution in [2.24, 2.45) is 0 Å². The Hall–Kier alpha value is -1.62. The highest BCUT2D eigenvalue weighted by molar-refractivity contribution is 5.54. The van der Waals surface area contributed by atoms with E-state index in [9.17, 15) is 10.1 Å². The Morgan fingerprint density at radius 3 is 2.81 bits per heavy atom. The van der Waals surface area contributed by atoms with Crippen molar-refractivity contribution in [2.75, 3.05) is 18.1 Å². The topological polar surface area (TPSA) is 66.6 Å². The highest BCUT2D eigenvalue weighted by atomic mass is 16.6.